The number of rotatable bonds is 3. The van der Waals surface area contributed by atoms with Crippen LogP contribution in [0.2, 0.25) is 0 Å². The molecule has 0 aliphatic heterocycles. The molecule has 0 fully saturated rings. The van der Waals surface area contributed by atoms with Crippen molar-refractivity contribution in [2.45, 2.75) is 18.1 Å². The predicted molar refractivity (Wildman–Crippen MR) is 73.9 cm³/mol. The molecule has 0 bridgehead atoms. The van der Waals surface area contributed by atoms with Gasteiger partial charge in [-0.15, -0.1) is 0 Å². The highest BCUT2D eigenvalue weighted by Crippen LogP contribution is 2.42. The Morgan fingerprint density at radius 3 is 2.71 bits per heavy atom. The van der Waals surface area contributed by atoms with Gasteiger partial charge >= 0.3 is 0 Å². The molecule has 0 saturated carbocycles. The third-order valence-corrected chi connectivity index (χ3v) is 3.81. The van der Waals surface area contributed by atoms with E-state index in [1.54, 1.807) is 0 Å². The van der Waals surface area contributed by atoms with Crippen LogP contribution in [0.4, 0.5) is 8.78 Å². The van der Waals surface area contributed by atoms with Gasteiger partial charge in [0.15, 0.2) is 17.7 Å². The van der Waals surface area contributed by atoms with E-state index < -0.39 is 23.3 Å². The van der Waals surface area contributed by atoms with Crippen molar-refractivity contribution in [2.75, 3.05) is 6.54 Å². The molecule has 0 unspecified atom stereocenters. The minimum atomic E-state index is -1.30. The summed E-state index contributed by atoms with van der Waals surface area (Å²) in [7, 11) is 0. The van der Waals surface area contributed by atoms with E-state index in [1.165, 1.54) is 6.07 Å². The molecule has 0 radical (unpaired) electrons. The van der Waals surface area contributed by atoms with Crippen molar-refractivity contribution in [1.29, 1.82) is 0 Å². The van der Waals surface area contributed by atoms with Crippen molar-refractivity contribution in [3.63, 3.8) is 0 Å². The summed E-state index contributed by atoms with van der Waals surface area (Å²) in [6.45, 7) is -0.0187. The van der Waals surface area contributed by atoms with E-state index in [0.717, 1.165) is 23.3 Å². The Labute approximate surface area is 121 Å². The molecule has 3 N–H and O–H groups in total. The summed E-state index contributed by atoms with van der Waals surface area (Å²) in [4.78, 5) is 0. The fraction of sp³-hybridized carbons (Fsp3) is 0.250. The summed E-state index contributed by atoms with van der Waals surface area (Å²) in [5, 5.41) is 10.6. The largest absolute Gasteiger partial charge is 0.480 e. The van der Waals surface area contributed by atoms with Crippen LogP contribution in [0, 0.1) is 11.6 Å². The van der Waals surface area contributed by atoms with Crippen LogP contribution in [0.3, 0.4) is 0 Å². The number of hydrogen-bond donors (Lipinski definition) is 2. The first kappa shape index (κ1) is 14.0. The summed E-state index contributed by atoms with van der Waals surface area (Å²) in [6.07, 6.45) is -0.439. The molecule has 110 valence electrons. The number of halogens is 2. The van der Waals surface area contributed by atoms with Gasteiger partial charge in [0.05, 0.1) is 0 Å². The lowest BCUT2D eigenvalue weighted by atomic mass is 9.97. The van der Waals surface area contributed by atoms with Crippen LogP contribution in [0.1, 0.15) is 17.2 Å². The van der Waals surface area contributed by atoms with E-state index in [4.69, 9.17) is 10.5 Å². The van der Waals surface area contributed by atoms with Crippen molar-refractivity contribution in [3.8, 4) is 5.75 Å². The zero-order chi connectivity index (χ0) is 15.0. The first-order valence-electron chi connectivity index (χ1n) is 6.65. The molecule has 2 aromatic carbocycles. The second kappa shape index (κ2) is 5.09. The lowest BCUT2D eigenvalue weighted by molar-refractivity contribution is -0.0451. The Balaban J connectivity index is 1.99. The zero-order valence-electron chi connectivity index (χ0n) is 11.2. The van der Waals surface area contributed by atoms with Gasteiger partial charge in [0, 0.05) is 19.0 Å². The molecule has 1 aliphatic rings. The molecular formula is C16H15F2NO2. The Bertz CT molecular complexity index is 677. The highest BCUT2D eigenvalue weighted by atomic mass is 19.1. The molecule has 0 amide bonds. The smallest absolute Gasteiger partial charge is 0.168 e. The lowest BCUT2D eigenvalue weighted by Gasteiger charge is -2.29. The van der Waals surface area contributed by atoms with Gasteiger partial charge in [0.25, 0.3) is 0 Å². The normalized spacial score (nSPS) is 23.9. The minimum Gasteiger partial charge on any atom is -0.480 e. The summed E-state index contributed by atoms with van der Waals surface area (Å²) in [6, 6.07) is 10.4. The average molecular weight is 291 g/mol. The molecule has 2 aromatic rings. The number of benzene rings is 2. The summed E-state index contributed by atoms with van der Waals surface area (Å²) < 4.78 is 32.3. The molecule has 0 spiro atoms. The molecule has 21 heavy (non-hydrogen) atoms. The standard InChI is InChI=1S/C16H15F2NO2/c17-11-5-6-14(13(18)7-11)21-15-12-4-2-1-3-10(12)8-16(15,20)9-19/h1-7,15,20H,8-9,19H2/t15-,16+/m0/s1. The van der Waals surface area contributed by atoms with Gasteiger partial charge < -0.3 is 15.6 Å². The third-order valence-electron chi connectivity index (χ3n) is 3.81. The number of aliphatic hydroxyl groups is 1. The molecule has 0 saturated heterocycles. The van der Waals surface area contributed by atoms with Gasteiger partial charge in [-0.1, -0.05) is 24.3 Å². The third kappa shape index (κ3) is 2.39. The molecule has 1 aliphatic carbocycles. The van der Waals surface area contributed by atoms with Gasteiger partial charge in [0.2, 0.25) is 0 Å². The SMILES string of the molecule is NC[C@]1(O)Cc2ccccc2[C@@H]1Oc1ccc(F)cc1F. The van der Waals surface area contributed by atoms with Gasteiger partial charge in [-0.2, -0.15) is 0 Å². The monoisotopic (exact) mass is 291 g/mol. The molecular weight excluding hydrogens is 276 g/mol. The van der Waals surface area contributed by atoms with Crippen LogP contribution in [-0.2, 0) is 6.42 Å². The molecule has 5 heteroatoms. The van der Waals surface area contributed by atoms with Crippen molar-refractivity contribution in [1.82, 2.24) is 0 Å². The first-order chi connectivity index (χ1) is 10.0. The maximum atomic E-state index is 13.8. The minimum absolute atomic E-state index is 0.0187. The lowest BCUT2D eigenvalue weighted by Crippen LogP contribution is -2.44. The maximum absolute atomic E-state index is 13.8. The zero-order valence-corrected chi connectivity index (χ0v) is 11.2. The molecule has 3 nitrogen and oxygen atoms in total. The van der Waals surface area contributed by atoms with E-state index in [0.29, 0.717) is 6.42 Å². The van der Waals surface area contributed by atoms with Crippen LogP contribution in [0.5, 0.6) is 5.75 Å². The fourth-order valence-corrected chi connectivity index (χ4v) is 2.71. The van der Waals surface area contributed by atoms with Crippen molar-refractivity contribution in [3.05, 3.63) is 65.2 Å². The Morgan fingerprint density at radius 1 is 1.24 bits per heavy atom. The first-order valence-corrected chi connectivity index (χ1v) is 6.65. The van der Waals surface area contributed by atoms with E-state index in [-0.39, 0.29) is 12.3 Å². The summed E-state index contributed by atoms with van der Waals surface area (Å²) >= 11 is 0. The van der Waals surface area contributed by atoms with Crippen LogP contribution in [0.25, 0.3) is 0 Å². The Hall–Kier alpha value is -1.98. The van der Waals surface area contributed by atoms with Gasteiger partial charge in [-0.3, -0.25) is 0 Å². The van der Waals surface area contributed by atoms with E-state index in [2.05, 4.69) is 0 Å². The highest BCUT2D eigenvalue weighted by Gasteiger charge is 2.45. The van der Waals surface area contributed by atoms with Crippen molar-refractivity contribution < 1.29 is 18.6 Å². The highest BCUT2D eigenvalue weighted by molar-refractivity contribution is 5.40. The van der Waals surface area contributed by atoms with Gasteiger partial charge in [-0.05, 0) is 23.3 Å². The van der Waals surface area contributed by atoms with Gasteiger partial charge in [-0.25, -0.2) is 8.78 Å². The predicted octanol–water partition coefficient (Wildman–Crippen LogP) is 2.33. The van der Waals surface area contributed by atoms with Crippen LogP contribution < -0.4 is 10.5 Å². The second-order valence-corrected chi connectivity index (χ2v) is 5.26. The maximum Gasteiger partial charge on any atom is 0.168 e. The van der Waals surface area contributed by atoms with Crippen molar-refractivity contribution in [2.24, 2.45) is 5.73 Å². The number of hydrogen-bond acceptors (Lipinski definition) is 3. The fourth-order valence-electron chi connectivity index (χ4n) is 2.71. The number of nitrogens with two attached hydrogens (primary N) is 1. The number of ether oxygens (including phenoxy) is 1. The van der Waals surface area contributed by atoms with Crippen LogP contribution in [0.15, 0.2) is 42.5 Å². The van der Waals surface area contributed by atoms with E-state index in [9.17, 15) is 13.9 Å². The quantitative estimate of drug-likeness (QED) is 0.912. The van der Waals surface area contributed by atoms with Crippen LogP contribution >= 0.6 is 0 Å². The van der Waals surface area contributed by atoms with Crippen LogP contribution in [-0.4, -0.2) is 17.3 Å². The Morgan fingerprint density at radius 2 is 2.00 bits per heavy atom. The van der Waals surface area contributed by atoms with E-state index in [1.807, 2.05) is 24.3 Å². The van der Waals surface area contributed by atoms with Crippen molar-refractivity contribution >= 4 is 0 Å². The van der Waals surface area contributed by atoms with Gasteiger partial charge in [0.1, 0.15) is 11.4 Å². The summed E-state index contributed by atoms with van der Waals surface area (Å²) in [5.41, 5.74) is 6.06. The molecule has 0 aromatic heterocycles. The molecule has 0 heterocycles. The Kier molecular flexibility index (Phi) is 3.39. The topological polar surface area (TPSA) is 55.5 Å². The average Bonchev–Trinajstić information content (AvgIpc) is 2.75. The van der Waals surface area contributed by atoms with E-state index >= 15 is 0 Å². The second-order valence-electron chi connectivity index (χ2n) is 5.26. The number of fused-ring (bicyclic) bond motifs is 1. The molecule has 2 atom stereocenters. The molecule has 3 rings (SSSR count). The summed E-state index contributed by atoms with van der Waals surface area (Å²) in [5.74, 6) is -1.59.